The zero-order valence-corrected chi connectivity index (χ0v) is 8.62. The van der Waals surface area contributed by atoms with Crippen LogP contribution in [0.5, 0.6) is 0 Å². The minimum absolute atomic E-state index is 0.122. The Labute approximate surface area is 88.4 Å². The fraction of sp³-hybridized carbons (Fsp3) is 0.300. The van der Waals surface area contributed by atoms with Gasteiger partial charge in [-0.1, -0.05) is 0 Å². The Bertz CT molecular complexity index is 353. The maximum atomic E-state index is 11.0. The van der Waals surface area contributed by atoms with Crippen LogP contribution in [0, 0.1) is 0 Å². The van der Waals surface area contributed by atoms with Gasteiger partial charge in [-0.25, -0.2) is 0 Å². The van der Waals surface area contributed by atoms with Crippen molar-refractivity contribution in [3.05, 3.63) is 18.2 Å². The molecule has 15 heavy (non-hydrogen) atoms. The topological polar surface area (TPSA) is 90.4 Å². The van der Waals surface area contributed by atoms with Crippen LogP contribution >= 0.6 is 0 Å². The quantitative estimate of drug-likeness (QED) is 0.504. The number of hydrogen-bond acceptors (Lipinski definition) is 5. The highest BCUT2D eigenvalue weighted by atomic mass is 16.5. The van der Waals surface area contributed by atoms with Gasteiger partial charge in [0.15, 0.2) is 0 Å². The summed E-state index contributed by atoms with van der Waals surface area (Å²) in [5, 5.41) is 2.89. The zero-order chi connectivity index (χ0) is 11.3. The minimum Gasteiger partial charge on any atom is -0.465 e. The van der Waals surface area contributed by atoms with Crippen molar-refractivity contribution in [1.29, 1.82) is 0 Å². The molecule has 0 spiro atoms. The fourth-order valence-electron chi connectivity index (χ4n) is 1.07. The molecule has 5 heteroatoms. The lowest BCUT2D eigenvalue weighted by molar-refractivity contribution is -0.140. The number of nitrogens with one attached hydrogen (secondary N) is 1. The van der Waals surface area contributed by atoms with Gasteiger partial charge in [0.05, 0.1) is 18.0 Å². The first-order valence-corrected chi connectivity index (χ1v) is 4.68. The summed E-state index contributed by atoms with van der Waals surface area (Å²) in [5.74, 6) is -0.298. The van der Waals surface area contributed by atoms with Crippen molar-refractivity contribution in [2.75, 3.05) is 29.9 Å². The molecule has 0 amide bonds. The van der Waals surface area contributed by atoms with Crippen LogP contribution in [0.25, 0.3) is 0 Å². The second-order valence-electron chi connectivity index (χ2n) is 3.00. The van der Waals surface area contributed by atoms with E-state index < -0.39 is 0 Å². The lowest BCUT2D eigenvalue weighted by Gasteiger charge is -2.07. The van der Waals surface area contributed by atoms with Gasteiger partial charge in [0.2, 0.25) is 0 Å². The normalized spacial score (nSPS) is 9.67. The molecule has 82 valence electrons. The van der Waals surface area contributed by atoms with Gasteiger partial charge in [0, 0.05) is 5.69 Å². The molecule has 0 heterocycles. The first-order chi connectivity index (χ1) is 7.13. The monoisotopic (exact) mass is 209 g/mol. The molecular weight excluding hydrogens is 194 g/mol. The Morgan fingerprint density at radius 3 is 2.73 bits per heavy atom. The van der Waals surface area contributed by atoms with Crippen LogP contribution in [0.3, 0.4) is 0 Å². The SMILES string of the molecule is CCOC(=O)CNc1ccc(N)c(N)c1. The Balaban J connectivity index is 2.51. The van der Waals surface area contributed by atoms with Crippen molar-refractivity contribution in [3.8, 4) is 0 Å². The first-order valence-electron chi connectivity index (χ1n) is 4.68. The van der Waals surface area contributed by atoms with Crippen molar-refractivity contribution < 1.29 is 9.53 Å². The smallest absolute Gasteiger partial charge is 0.325 e. The predicted octanol–water partition coefficient (Wildman–Crippen LogP) is 0.826. The number of carbonyl (C=O) groups excluding carboxylic acids is 1. The highest BCUT2D eigenvalue weighted by Crippen LogP contribution is 2.19. The van der Waals surface area contributed by atoms with E-state index in [-0.39, 0.29) is 12.5 Å². The van der Waals surface area contributed by atoms with Gasteiger partial charge in [-0.15, -0.1) is 0 Å². The van der Waals surface area contributed by atoms with Gasteiger partial charge < -0.3 is 21.5 Å². The molecule has 5 N–H and O–H groups in total. The van der Waals surface area contributed by atoms with Gasteiger partial charge in [-0.3, -0.25) is 4.79 Å². The highest BCUT2D eigenvalue weighted by molar-refractivity contribution is 5.76. The van der Waals surface area contributed by atoms with E-state index in [1.165, 1.54) is 0 Å². The standard InChI is InChI=1S/C10H15N3O2/c1-2-15-10(14)6-13-7-3-4-8(11)9(12)5-7/h3-5,13H,2,6,11-12H2,1H3. The number of carbonyl (C=O) groups is 1. The van der Waals surface area contributed by atoms with Gasteiger partial charge in [-0.2, -0.15) is 0 Å². The van der Waals surface area contributed by atoms with E-state index in [0.29, 0.717) is 18.0 Å². The predicted molar refractivity (Wildman–Crippen MR) is 60.4 cm³/mol. The second kappa shape index (κ2) is 5.09. The molecule has 0 radical (unpaired) electrons. The van der Waals surface area contributed by atoms with E-state index in [1.807, 2.05) is 0 Å². The third kappa shape index (κ3) is 3.38. The van der Waals surface area contributed by atoms with E-state index in [2.05, 4.69) is 5.32 Å². The van der Waals surface area contributed by atoms with Crippen molar-refractivity contribution in [1.82, 2.24) is 0 Å². The molecule has 1 aromatic carbocycles. The van der Waals surface area contributed by atoms with Crippen LogP contribution in [0.1, 0.15) is 6.92 Å². The Morgan fingerprint density at radius 2 is 2.13 bits per heavy atom. The molecule has 0 saturated heterocycles. The van der Waals surface area contributed by atoms with Crippen LogP contribution in [-0.2, 0) is 9.53 Å². The molecule has 0 aliphatic rings. The van der Waals surface area contributed by atoms with Crippen LogP contribution in [0.15, 0.2) is 18.2 Å². The zero-order valence-electron chi connectivity index (χ0n) is 8.62. The van der Waals surface area contributed by atoms with Gasteiger partial charge in [0.25, 0.3) is 0 Å². The number of benzene rings is 1. The number of nitrogens with two attached hydrogens (primary N) is 2. The Hall–Kier alpha value is -1.91. The van der Waals surface area contributed by atoms with Gasteiger partial charge in [0.1, 0.15) is 6.54 Å². The van der Waals surface area contributed by atoms with E-state index >= 15 is 0 Å². The van der Waals surface area contributed by atoms with Crippen LogP contribution < -0.4 is 16.8 Å². The minimum atomic E-state index is -0.298. The van der Waals surface area contributed by atoms with E-state index in [9.17, 15) is 4.79 Å². The molecular formula is C10H15N3O2. The van der Waals surface area contributed by atoms with E-state index in [4.69, 9.17) is 16.2 Å². The third-order valence-electron chi connectivity index (χ3n) is 1.83. The molecule has 0 unspecified atom stereocenters. The summed E-state index contributed by atoms with van der Waals surface area (Å²) in [7, 11) is 0. The van der Waals surface area contributed by atoms with Crippen molar-refractivity contribution in [3.63, 3.8) is 0 Å². The highest BCUT2D eigenvalue weighted by Gasteiger charge is 2.02. The van der Waals surface area contributed by atoms with E-state index in [1.54, 1.807) is 25.1 Å². The number of ether oxygens (including phenoxy) is 1. The number of hydrogen-bond donors (Lipinski definition) is 3. The molecule has 0 bridgehead atoms. The lowest BCUT2D eigenvalue weighted by atomic mass is 10.2. The van der Waals surface area contributed by atoms with E-state index in [0.717, 1.165) is 5.69 Å². The van der Waals surface area contributed by atoms with Crippen LogP contribution in [0.2, 0.25) is 0 Å². The van der Waals surface area contributed by atoms with Crippen molar-refractivity contribution in [2.45, 2.75) is 6.92 Å². The summed E-state index contributed by atoms with van der Waals surface area (Å²) < 4.78 is 4.76. The second-order valence-corrected chi connectivity index (χ2v) is 3.00. The maximum absolute atomic E-state index is 11.0. The van der Waals surface area contributed by atoms with Crippen molar-refractivity contribution >= 4 is 23.0 Å². The number of esters is 1. The van der Waals surface area contributed by atoms with Crippen molar-refractivity contribution in [2.24, 2.45) is 0 Å². The molecule has 1 aromatic rings. The van der Waals surface area contributed by atoms with Crippen LogP contribution in [0.4, 0.5) is 17.1 Å². The summed E-state index contributed by atoms with van der Waals surface area (Å²) in [6, 6.07) is 5.11. The largest absolute Gasteiger partial charge is 0.465 e. The molecule has 0 atom stereocenters. The number of anilines is 3. The van der Waals surface area contributed by atoms with Gasteiger partial charge >= 0.3 is 5.97 Å². The average molecular weight is 209 g/mol. The lowest BCUT2D eigenvalue weighted by Crippen LogP contribution is -2.16. The maximum Gasteiger partial charge on any atom is 0.325 e. The number of rotatable bonds is 4. The summed E-state index contributed by atoms with van der Waals surface area (Å²) in [6.07, 6.45) is 0. The molecule has 5 nitrogen and oxygen atoms in total. The molecule has 0 aromatic heterocycles. The Morgan fingerprint density at radius 1 is 1.40 bits per heavy atom. The summed E-state index contributed by atoms with van der Waals surface area (Å²) in [6.45, 7) is 2.26. The molecule has 0 aliphatic heterocycles. The van der Waals surface area contributed by atoms with Gasteiger partial charge in [-0.05, 0) is 25.1 Å². The third-order valence-corrected chi connectivity index (χ3v) is 1.83. The summed E-state index contributed by atoms with van der Waals surface area (Å²) in [4.78, 5) is 11.0. The fourth-order valence-corrected chi connectivity index (χ4v) is 1.07. The molecule has 0 fully saturated rings. The molecule has 0 aliphatic carbocycles. The number of nitrogen functional groups attached to an aromatic ring is 2. The molecule has 1 rings (SSSR count). The molecule has 0 saturated carbocycles. The first kappa shape index (κ1) is 11.2. The van der Waals surface area contributed by atoms with Crippen LogP contribution in [-0.4, -0.2) is 19.1 Å². The summed E-state index contributed by atoms with van der Waals surface area (Å²) in [5.41, 5.74) is 12.9. The summed E-state index contributed by atoms with van der Waals surface area (Å²) >= 11 is 0. The Kier molecular flexibility index (Phi) is 3.79. The average Bonchev–Trinajstić information content (AvgIpc) is 2.20.